The molecule has 2 aromatic rings. The second-order valence-electron chi connectivity index (χ2n) is 4.70. The van der Waals surface area contributed by atoms with Crippen molar-refractivity contribution < 1.29 is 9.73 Å². The lowest BCUT2D eigenvalue weighted by Crippen LogP contribution is -2.81. The first-order chi connectivity index (χ1) is 9.72. The second-order valence-corrected chi connectivity index (χ2v) is 6.47. The van der Waals surface area contributed by atoms with Gasteiger partial charge >= 0.3 is 0 Å². The zero-order valence-electron chi connectivity index (χ0n) is 10.7. The lowest BCUT2D eigenvalue weighted by Gasteiger charge is -2.02. The van der Waals surface area contributed by atoms with Gasteiger partial charge in [0.05, 0.1) is 6.54 Å². The highest BCUT2D eigenvalue weighted by molar-refractivity contribution is 7.98. The number of hydrogen-bond donors (Lipinski definition) is 1. The number of nitrogens with two attached hydrogens (primary N) is 1. The molecule has 106 valence electrons. The number of hydrogen-bond acceptors (Lipinski definition) is 4. The number of nitrogens with zero attached hydrogens (tertiary/aromatic N) is 2. The molecule has 0 radical (unpaired) electrons. The van der Waals surface area contributed by atoms with E-state index < -0.39 is 0 Å². The zero-order chi connectivity index (χ0) is 13.9. The van der Waals surface area contributed by atoms with Gasteiger partial charge in [-0.05, 0) is 17.7 Å². The van der Waals surface area contributed by atoms with Crippen LogP contribution in [-0.2, 0) is 5.75 Å². The Morgan fingerprint density at radius 2 is 2.25 bits per heavy atom. The Balaban J connectivity index is 1.63. The van der Waals surface area contributed by atoms with Crippen LogP contribution in [0.5, 0.6) is 0 Å². The minimum Gasteiger partial charge on any atom is -0.410 e. The van der Waals surface area contributed by atoms with Crippen LogP contribution in [0.2, 0.25) is 10.0 Å². The predicted molar refractivity (Wildman–Crippen MR) is 79.1 cm³/mol. The van der Waals surface area contributed by atoms with Crippen LogP contribution < -0.4 is 5.32 Å². The highest BCUT2D eigenvalue weighted by atomic mass is 35.5. The standard InChI is InChI=1S/C13H13Cl2N3OS/c14-9-4-3-8(10(15)6-9)7-20-13-18-17-12(19-13)11-2-1-5-16-11/h3-4,6,11,16H,1-2,5,7H2/p+1/t11-/m1/s1. The molecular weight excluding hydrogens is 317 g/mol. The smallest absolute Gasteiger partial charge is 0.277 e. The van der Waals surface area contributed by atoms with E-state index in [1.807, 2.05) is 12.1 Å². The van der Waals surface area contributed by atoms with Crippen molar-refractivity contribution in [3.8, 4) is 0 Å². The molecule has 1 aromatic carbocycles. The van der Waals surface area contributed by atoms with Gasteiger partial charge in [0.2, 0.25) is 0 Å². The van der Waals surface area contributed by atoms with E-state index in [1.165, 1.54) is 18.2 Å². The summed E-state index contributed by atoms with van der Waals surface area (Å²) in [7, 11) is 0. The van der Waals surface area contributed by atoms with Gasteiger partial charge in [-0.15, -0.1) is 10.2 Å². The van der Waals surface area contributed by atoms with Gasteiger partial charge in [0, 0.05) is 28.6 Å². The van der Waals surface area contributed by atoms with Crippen molar-refractivity contribution in [1.82, 2.24) is 10.2 Å². The lowest BCUT2D eigenvalue weighted by molar-refractivity contribution is -0.678. The number of thioether (sulfide) groups is 1. The van der Waals surface area contributed by atoms with Gasteiger partial charge in [0.15, 0.2) is 6.04 Å². The first-order valence-corrected chi connectivity index (χ1v) is 8.20. The van der Waals surface area contributed by atoms with Crippen molar-refractivity contribution in [1.29, 1.82) is 0 Å². The Kier molecular flexibility index (Phi) is 4.51. The van der Waals surface area contributed by atoms with Crippen LogP contribution in [0.4, 0.5) is 0 Å². The minimum atomic E-state index is 0.330. The molecule has 0 amide bonds. The summed E-state index contributed by atoms with van der Waals surface area (Å²) in [5, 5.41) is 12.3. The van der Waals surface area contributed by atoms with Crippen molar-refractivity contribution >= 4 is 35.0 Å². The van der Waals surface area contributed by atoms with Gasteiger partial charge in [0.25, 0.3) is 11.1 Å². The summed E-state index contributed by atoms with van der Waals surface area (Å²) in [5.74, 6) is 1.42. The van der Waals surface area contributed by atoms with E-state index >= 15 is 0 Å². The molecule has 3 rings (SSSR count). The molecule has 20 heavy (non-hydrogen) atoms. The maximum Gasteiger partial charge on any atom is 0.277 e. The van der Waals surface area contributed by atoms with E-state index in [4.69, 9.17) is 27.6 Å². The Hall–Kier alpha value is -0.750. The van der Waals surface area contributed by atoms with Crippen molar-refractivity contribution in [2.45, 2.75) is 29.9 Å². The molecule has 0 spiro atoms. The van der Waals surface area contributed by atoms with E-state index in [2.05, 4.69) is 15.5 Å². The molecule has 0 saturated carbocycles. The number of halogens is 2. The number of benzene rings is 1. The molecule has 0 unspecified atom stereocenters. The van der Waals surface area contributed by atoms with E-state index in [9.17, 15) is 0 Å². The Morgan fingerprint density at radius 3 is 3.00 bits per heavy atom. The summed E-state index contributed by atoms with van der Waals surface area (Å²) in [6, 6.07) is 5.82. The fraction of sp³-hybridized carbons (Fsp3) is 0.385. The number of rotatable bonds is 4. The number of aromatic nitrogens is 2. The summed E-state index contributed by atoms with van der Waals surface area (Å²) in [4.78, 5) is 0. The van der Waals surface area contributed by atoms with Crippen LogP contribution >= 0.6 is 35.0 Å². The summed E-state index contributed by atoms with van der Waals surface area (Å²) >= 11 is 13.5. The molecule has 1 atom stereocenters. The summed E-state index contributed by atoms with van der Waals surface area (Å²) in [6.45, 7) is 1.13. The molecule has 7 heteroatoms. The minimum absolute atomic E-state index is 0.330. The normalized spacial score (nSPS) is 18.6. The Morgan fingerprint density at radius 1 is 1.35 bits per heavy atom. The van der Waals surface area contributed by atoms with Gasteiger partial charge in [-0.3, -0.25) is 0 Å². The maximum atomic E-state index is 6.14. The predicted octanol–water partition coefficient (Wildman–Crippen LogP) is 3.07. The second kappa shape index (κ2) is 6.35. The lowest BCUT2D eigenvalue weighted by atomic mass is 10.2. The topological polar surface area (TPSA) is 55.5 Å². The molecule has 0 bridgehead atoms. The molecule has 1 aliphatic rings. The summed E-state index contributed by atoms with van der Waals surface area (Å²) in [5.41, 5.74) is 1.01. The fourth-order valence-corrected chi connectivity index (χ4v) is 3.53. The average Bonchev–Trinajstić information content (AvgIpc) is 3.08. The quantitative estimate of drug-likeness (QED) is 0.875. The Labute approximate surface area is 131 Å². The highest BCUT2D eigenvalue weighted by Gasteiger charge is 2.26. The molecule has 2 N–H and O–H groups in total. The van der Waals surface area contributed by atoms with E-state index in [0.717, 1.165) is 24.4 Å². The molecule has 1 fully saturated rings. The van der Waals surface area contributed by atoms with Gasteiger partial charge in [-0.2, -0.15) is 0 Å². The largest absolute Gasteiger partial charge is 0.410 e. The highest BCUT2D eigenvalue weighted by Crippen LogP contribution is 2.29. The third-order valence-electron chi connectivity index (χ3n) is 3.28. The monoisotopic (exact) mass is 330 g/mol. The molecular formula is C13H14Cl2N3OS+. The Bertz CT molecular complexity index is 599. The molecule has 0 aliphatic carbocycles. The van der Waals surface area contributed by atoms with Crippen molar-refractivity contribution in [3.05, 3.63) is 39.7 Å². The third-order valence-corrected chi connectivity index (χ3v) is 4.73. The van der Waals surface area contributed by atoms with E-state index in [0.29, 0.717) is 27.1 Å². The molecule has 1 saturated heterocycles. The van der Waals surface area contributed by atoms with Crippen molar-refractivity contribution in [3.63, 3.8) is 0 Å². The fourth-order valence-electron chi connectivity index (χ4n) is 2.21. The molecule has 1 aliphatic heterocycles. The number of quaternary nitrogens is 1. The third kappa shape index (κ3) is 3.28. The first-order valence-electron chi connectivity index (χ1n) is 6.46. The van der Waals surface area contributed by atoms with Crippen LogP contribution in [-0.4, -0.2) is 16.7 Å². The summed E-state index contributed by atoms with van der Waals surface area (Å²) in [6.07, 6.45) is 2.31. The van der Waals surface area contributed by atoms with E-state index in [1.54, 1.807) is 6.07 Å². The van der Waals surface area contributed by atoms with Gasteiger partial charge < -0.3 is 9.73 Å². The van der Waals surface area contributed by atoms with Crippen molar-refractivity contribution in [2.24, 2.45) is 0 Å². The van der Waals surface area contributed by atoms with E-state index in [-0.39, 0.29) is 0 Å². The SMILES string of the molecule is Clc1ccc(CSc2nnc([C@H]3CCC[NH2+]3)o2)c(Cl)c1. The van der Waals surface area contributed by atoms with Gasteiger partial charge in [0.1, 0.15) is 0 Å². The molecule has 1 aromatic heterocycles. The van der Waals surface area contributed by atoms with Gasteiger partial charge in [-0.25, -0.2) is 0 Å². The van der Waals surface area contributed by atoms with Crippen molar-refractivity contribution in [2.75, 3.05) is 6.54 Å². The van der Waals surface area contributed by atoms with Crippen LogP contribution in [0.1, 0.15) is 30.3 Å². The molecule has 2 heterocycles. The van der Waals surface area contributed by atoms with Crippen LogP contribution in [0.3, 0.4) is 0 Å². The van der Waals surface area contributed by atoms with Gasteiger partial charge in [-0.1, -0.05) is 41.0 Å². The average molecular weight is 331 g/mol. The maximum absolute atomic E-state index is 6.14. The summed E-state index contributed by atoms with van der Waals surface area (Å²) < 4.78 is 5.69. The first kappa shape index (κ1) is 14.2. The molecule has 4 nitrogen and oxygen atoms in total. The van der Waals surface area contributed by atoms with Crippen LogP contribution in [0, 0.1) is 0 Å². The van der Waals surface area contributed by atoms with Crippen LogP contribution in [0.25, 0.3) is 0 Å². The zero-order valence-corrected chi connectivity index (χ0v) is 13.0. The van der Waals surface area contributed by atoms with Crippen LogP contribution in [0.15, 0.2) is 27.8 Å².